The Hall–Kier alpha value is -1.81. The van der Waals surface area contributed by atoms with Crippen molar-refractivity contribution in [2.45, 2.75) is 10.8 Å². The Labute approximate surface area is 110 Å². The van der Waals surface area contributed by atoms with Crippen molar-refractivity contribution in [3.8, 4) is 0 Å². The van der Waals surface area contributed by atoms with Crippen LogP contribution in [-0.4, -0.2) is 14.5 Å². The molecule has 18 heavy (non-hydrogen) atoms. The smallest absolute Gasteiger partial charge is 0.118 e. The monoisotopic (exact) mass is 255 g/mol. The highest BCUT2D eigenvalue weighted by atomic mass is 32.2. The van der Waals surface area contributed by atoms with Crippen LogP contribution in [0.3, 0.4) is 0 Å². The summed E-state index contributed by atoms with van der Waals surface area (Å²) in [7, 11) is 2.01. The Morgan fingerprint density at radius 1 is 1.17 bits per heavy atom. The predicted octanol–water partition coefficient (Wildman–Crippen LogP) is 3.26. The number of aromatic nitrogens is 3. The van der Waals surface area contributed by atoms with Crippen LogP contribution in [0.5, 0.6) is 0 Å². The van der Waals surface area contributed by atoms with Gasteiger partial charge in [-0.3, -0.25) is 0 Å². The van der Waals surface area contributed by atoms with E-state index in [1.807, 2.05) is 42.2 Å². The molecule has 2 aromatic heterocycles. The van der Waals surface area contributed by atoms with Crippen molar-refractivity contribution in [2.24, 2.45) is 7.05 Å². The molecule has 2 heterocycles. The second-order valence-corrected chi connectivity index (χ2v) is 5.08. The molecule has 0 bridgehead atoms. The number of hydrogen-bond acceptors (Lipinski definition) is 3. The maximum absolute atomic E-state index is 4.63. The molecule has 0 saturated carbocycles. The van der Waals surface area contributed by atoms with E-state index in [0.717, 1.165) is 22.1 Å². The van der Waals surface area contributed by atoms with Crippen LogP contribution in [0.2, 0.25) is 0 Å². The van der Waals surface area contributed by atoms with Gasteiger partial charge < -0.3 is 4.57 Å². The largest absolute Gasteiger partial charge is 0.337 e. The minimum Gasteiger partial charge on any atom is -0.337 e. The van der Waals surface area contributed by atoms with Crippen LogP contribution in [0, 0.1) is 0 Å². The lowest BCUT2D eigenvalue weighted by atomic mass is 10.2. The van der Waals surface area contributed by atoms with Crippen LogP contribution < -0.4 is 0 Å². The van der Waals surface area contributed by atoms with E-state index in [4.69, 9.17) is 0 Å². The van der Waals surface area contributed by atoms with E-state index < -0.39 is 0 Å². The molecule has 0 amide bonds. The summed E-state index contributed by atoms with van der Waals surface area (Å²) >= 11 is 1.71. The van der Waals surface area contributed by atoms with Gasteiger partial charge in [-0.2, -0.15) is 0 Å². The summed E-state index contributed by atoms with van der Waals surface area (Å²) in [6.45, 7) is 0. The zero-order valence-electron chi connectivity index (χ0n) is 10.1. The fraction of sp³-hybridized carbons (Fsp3) is 0.143. The number of para-hydroxylation sites is 1. The molecule has 0 spiro atoms. The van der Waals surface area contributed by atoms with E-state index in [1.165, 1.54) is 5.39 Å². The standard InChI is InChI=1S/C14H13N3S/c1-17-9-8-15-13(17)10-18-14-7-6-11-4-2-3-5-12(11)16-14/h2-9H,10H2,1H3. The first-order chi connectivity index (χ1) is 8.83. The lowest BCUT2D eigenvalue weighted by Crippen LogP contribution is -1.94. The van der Waals surface area contributed by atoms with Gasteiger partial charge in [0.05, 0.1) is 16.3 Å². The molecule has 4 heteroatoms. The van der Waals surface area contributed by atoms with Gasteiger partial charge in [-0.1, -0.05) is 36.0 Å². The second-order valence-electron chi connectivity index (χ2n) is 4.09. The number of thioether (sulfide) groups is 1. The highest BCUT2D eigenvalue weighted by molar-refractivity contribution is 7.98. The minimum atomic E-state index is 0.842. The van der Waals surface area contributed by atoms with Crippen molar-refractivity contribution in [1.82, 2.24) is 14.5 Å². The maximum Gasteiger partial charge on any atom is 0.118 e. The molecule has 0 N–H and O–H groups in total. The summed E-state index contributed by atoms with van der Waals surface area (Å²) in [5, 5.41) is 2.22. The first-order valence-electron chi connectivity index (χ1n) is 5.78. The minimum absolute atomic E-state index is 0.842. The van der Waals surface area contributed by atoms with Crippen molar-refractivity contribution in [2.75, 3.05) is 0 Å². The SMILES string of the molecule is Cn1ccnc1CSc1ccc2ccccc2n1. The lowest BCUT2D eigenvalue weighted by Gasteiger charge is -2.03. The van der Waals surface area contributed by atoms with E-state index in [1.54, 1.807) is 11.8 Å². The Bertz CT molecular complexity index is 675. The van der Waals surface area contributed by atoms with Gasteiger partial charge in [0.1, 0.15) is 5.82 Å². The van der Waals surface area contributed by atoms with Crippen molar-refractivity contribution in [3.05, 3.63) is 54.6 Å². The van der Waals surface area contributed by atoms with Gasteiger partial charge in [-0.15, -0.1) is 0 Å². The first kappa shape index (κ1) is 11.3. The lowest BCUT2D eigenvalue weighted by molar-refractivity contribution is 0.849. The van der Waals surface area contributed by atoms with Crippen LogP contribution in [-0.2, 0) is 12.8 Å². The Morgan fingerprint density at radius 3 is 2.89 bits per heavy atom. The fourth-order valence-corrected chi connectivity index (χ4v) is 2.68. The van der Waals surface area contributed by atoms with E-state index in [9.17, 15) is 0 Å². The fourth-order valence-electron chi connectivity index (χ4n) is 1.80. The number of fused-ring (bicyclic) bond motifs is 1. The molecular weight excluding hydrogens is 242 g/mol. The van der Waals surface area contributed by atoms with Gasteiger partial charge in [0.2, 0.25) is 0 Å². The van der Waals surface area contributed by atoms with Crippen LogP contribution in [0.15, 0.2) is 53.8 Å². The molecule has 3 aromatic rings. The zero-order chi connectivity index (χ0) is 12.4. The Kier molecular flexibility index (Phi) is 3.02. The highest BCUT2D eigenvalue weighted by Gasteiger charge is 2.02. The molecule has 0 aliphatic carbocycles. The summed E-state index contributed by atoms with van der Waals surface area (Å²) < 4.78 is 2.04. The summed E-state index contributed by atoms with van der Waals surface area (Å²) in [5.41, 5.74) is 1.04. The van der Waals surface area contributed by atoms with Gasteiger partial charge in [0.25, 0.3) is 0 Å². The van der Waals surface area contributed by atoms with Crippen LogP contribution >= 0.6 is 11.8 Å². The maximum atomic E-state index is 4.63. The molecule has 90 valence electrons. The Balaban J connectivity index is 1.81. The molecule has 0 aliphatic rings. The van der Waals surface area contributed by atoms with Crippen LogP contribution in [0.1, 0.15) is 5.82 Å². The topological polar surface area (TPSA) is 30.7 Å². The number of benzene rings is 1. The summed E-state index contributed by atoms with van der Waals surface area (Å²) in [6, 6.07) is 12.3. The second kappa shape index (κ2) is 4.82. The molecule has 0 unspecified atom stereocenters. The zero-order valence-corrected chi connectivity index (χ0v) is 10.9. The first-order valence-corrected chi connectivity index (χ1v) is 6.76. The van der Waals surface area contributed by atoms with Crippen molar-refractivity contribution in [3.63, 3.8) is 0 Å². The Morgan fingerprint density at radius 2 is 2.06 bits per heavy atom. The number of aryl methyl sites for hydroxylation is 1. The van der Waals surface area contributed by atoms with Gasteiger partial charge in [-0.05, 0) is 12.1 Å². The molecule has 0 fully saturated rings. The van der Waals surface area contributed by atoms with Crippen molar-refractivity contribution >= 4 is 22.7 Å². The van der Waals surface area contributed by atoms with Crippen LogP contribution in [0.25, 0.3) is 10.9 Å². The molecule has 0 aliphatic heterocycles. The number of hydrogen-bond donors (Lipinski definition) is 0. The number of nitrogens with zero attached hydrogens (tertiary/aromatic N) is 3. The molecule has 3 rings (SSSR count). The number of imidazole rings is 1. The van der Waals surface area contributed by atoms with Gasteiger partial charge >= 0.3 is 0 Å². The third-order valence-electron chi connectivity index (χ3n) is 2.84. The quantitative estimate of drug-likeness (QED) is 0.673. The van der Waals surface area contributed by atoms with Crippen molar-refractivity contribution < 1.29 is 0 Å². The normalized spacial score (nSPS) is 10.9. The molecule has 0 radical (unpaired) electrons. The predicted molar refractivity (Wildman–Crippen MR) is 74.5 cm³/mol. The molecule has 3 nitrogen and oxygen atoms in total. The molecule has 0 saturated heterocycles. The molecule has 0 atom stereocenters. The average molecular weight is 255 g/mol. The summed E-state index contributed by atoms with van der Waals surface area (Å²) in [5.74, 6) is 1.91. The third-order valence-corrected chi connectivity index (χ3v) is 3.77. The summed E-state index contributed by atoms with van der Waals surface area (Å²) in [6.07, 6.45) is 3.79. The third kappa shape index (κ3) is 2.24. The number of pyridine rings is 1. The summed E-state index contributed by atoms with van der Waals surface area (Å²) in [4.78, 5) is 8.94. The van der Waals surface area contributed by atoms with E-state index in [-0.39, 0.29) is 0 Å². The molecular formula is C14H13N3S. The van der Waals surface area contributed by atoms with E-state index >= 15 is 0 Å². The number of rotatable bonds is 3. The highest BCUT2D eigenvalue weighted by Crippen LogP contribution is 2.22. The van der Waals surface area contributed by atoms with E-state index in [0.29, 0.717) is 0 Å². The van der Waals surface area contributed by atoms with Gasteiger partial charge in [-0.25, -0.2) is 9.97 Å². The van der Waals surface area contributed by atoms with Gasteiger partial charge in [0.15, 0.2) is 0 Å². The average Bonchev–Trinajstić information content (AvgIpc) is 2.82. The van der Waals surface area contributed by atoms with Crippen molar-refractivity contribution in [1.29, 1.82) is 0 Å². The molecule has 1 aromatic carbocycles. The van der Waals surface area contributed by atoms with E-state index in [2.05, 4.69) is 28.2 Å². The van der Waals surface area contributed by atoms with Crippen LogP contribution in [0.4, 0.5) is 0 Å². The van der Waals surface area contributed by atoms with Gasteiger partial charge in [0, 0.05) is 24.8 Å².